The van der Waals surface area contributed by atoms with E-state index in [4.69, 9.17) is 16.3 Å². The highest BCUT2D eigenvalue weighted by Gasteiger charge is 2.27. The lowest BCUT2D eigenvalue weighted by molar-refractivity contribution is -0.145. The van der Waals surface area contributed by atoms with Crippen LogP contribution in [-0.4, -0.2) is 22.1 Å². The summed E-state index contributed by atoms with van der Waals surface area (Å²) in [5, 5.41) is 0.651. The topological polar surface area (TPSA) is 44.1 Å². The average molecular weight is 309 g/mol. The maximum Gasteiger partial charge on any atom is 0.316 e. The molecule has 1 unspecified atom stereocenters. The first-order valence-electron chi connectivity index (χ1n) is 7.44. The summed E-state index contributed by atoms with van der Waals surface area (Å²) in [6.45, 7) is 7.07. The minimum absolute atomic E-state index is 0.199. The molecule has 0 amide bonds. The zero-order valence-electron chi connectivity index (χ0n) is 12.7. The summed E-state index contributed by atoms with van der Waals surface area (Å²) in [4.78, 5) is 16.9. The summed E-state index contributed by atoms with van der Waals surface area (Å²) in [5.41, 5.74) is 1.83. The first kappa shape index (κ1) is 15.8. The molecule has 0 aliphatic heterocycles. The van der Waals surface area contributed by atoms with Crippen molar-refractivity contribution in [3.63, 3.8) is 0 Å². The second-order valence-corrected chi connectivity index (χ2v) is 5.38. The van der Waals surface area contributed by atoms with Crippen LogP contribution in [-0.2, 0) is 16.1 Å². The third-order valence-corrected chi connectivity index (χ3v) is 3.75. The van der Waals surface area contributed by atoms with Crippen LogP contribution in [0, 0.1) is 0 Å². The Labute approximate surface area is 130 Å². The Hall–Kier alpha value is -1.55. The molecular weight excluding hydrogens is 288 g/mol. The number of carbonyl (C=O) groups is 1. The Bertz CT molecular complexity index is 636. The first-order chi connectivity index (χ1) is 10.1. The lowest BCUT2D eigenvalue weighted by Crippen LogP contribution is -2.20. The maximum atomic E-state index is 12.2. The molecule has 0 fully saturated rings. The van der Waals surface area contributed by atoms with Gasteiger partial charge in [-0.1, -0.05) is 24.9 Å². The predicted octanol–water partition coefficient (Wildman–Crippen LogP) is 4.16. The van der Waals surface area contributed by atoms with Crippen molar-refractivity contribution in [2.24, 2.45) is 0 Å². The van der Waals surface area contributed by atoms with Gasteiger partial charge in [-0.3, -0.25) is 4.79 Å². The highest BCUT2D eigenvalue weighted by molar-refractivity contribution is 6.31. The SMILES string of the molecule is CCCC(C(=O)OCC)c1nc2cc(Cl)ccc2n1CC. The van der Waals surface area contributed by atoms with Crippen molar-refractivity contribution in [2.45, 2.75) is 46.1 Å². The smallest absolute Gasteiger partial charge is 0.316 e. The van der Waals surface area contributed by atoms with Crippen LogP contribution in [0.25, 0.3) is 11.0 Å². The number of halogens is 1. The number of aryl methyl sites for hydroxylation is 1. The standard InChI is InChI=1S/C16H21ClN2O2/c1-4-7-12(16(20)21-6-3)15-18-13-10-11(17)8-9-14(13)19(15)5-2/h8-10,12H,4-7H2,1-3H3. The Morgan fingerprint density at radius 3 is 2.76 bits per heavy atom. The van der Waals surface area contributed by atoms with E-state index in [-0.39, 0.29) is 11.9 Å². The summed E-state index contributed by atoms with van der Waals surface area (Å²) < 4.78 is 7.28. The van der Waals surface area contributed by atoms with Crippen molar-refractivity contribution in [1.82, 2.24) is 9.55 Å². The molecule has 0 radical (unpaired) electrons. The summed E-state index contributed by atoms with van der Waals surface area (Å²) in [6, 6.07) is 5.63. The van der Waals surface area contributed by atoms with Crippen molar-refractivity contribution in [3.8, 4) is 0 Å². The number of carbonyl (C=O) groups excluding carboxylic acids is 1. The van der Waals surface area contributed by atoms with E-state index in [1.165, 1.54) is 0 Å². The second kappa shape index (κ2) is 6.94. The van der Waals surface area contributed by atoms with Crippen LogP contribution in [0.15, 0.2) is 18.2 Å². The van der Waals surface area contributed by atoms with E-state index in [2.05, 4.69) is 16.5 Å². The highest BCUT2D eigenvalue weighted by Crippen LogP contribution is 2.28. The molecule has 2 rings (SSSR count). The van der Waals surface area contributed by atoms with Crippen LogP contribution >= 0.6 is 11.6 Å². The molecule has 0 saturated heterocycles. The lowest BCUT2D eigenvalue weighted by atomic mass is 10.0. The van der Waals surface area contributed by atoms with Gasteiger partial charge in [0.1, 0.15) is 11.7 Å². The number of aromatic nitrogens is 2. The minimum atomic E-state index is -0.318. The van der Waals surface area contributed by atoms with Crippen molar-refractivity contribution in [1.29, 1.82) is 0 Å². The second-order valence-electron chi connectivity index (χ2n) is 4.94. The van der Waals surface area contributed by atoms with Crippen LogP contribution in [0.4, 0.5) is 0 Å². The number of benzene rings is 1. The molecule has 4 nitrogen and oxygen atoms in total. The van der Waals surface area contributed by atoms with Crippen LogP contribution in [0.1, 0.15) is 45.4 Å². The number of imidazole rings is 1. The van der Waals surface area contributed by atoms with Gasteiger partial charge in [0, 0.05) is 11.6 Å². The molecule has 1 atom stereocenters. The zero-order chi connectivity index (χ0) is 15.4. The number of fused-ring (bicyclic) bond motifs is 1. The van der Waals surface area contributed by atoms with E-state index >= 15 is 0 Å². The number of nitrogens with zero attached hydrogens (tertiary/aromatic N) is 2. The van der Waals surface area contributed by atoms with Gasteiger partial charge in [0.05, 0.1) is 17.6 Å². The van der Waals surface area contributed by atoms with Gasteiger partial charge >= 0.3 is 5.97 Å². The molecule has 1 heterocycles. The van der Waals surface area contributed by atoms with Gasteiger partial charge in [0.25, 0.3) is 0 Å². The van der Waals surface area contributed by atoms with Crippen molar-refractivity contribution < 1.29 is 9.53 Å². The number of ether oxygens (including phenoxy) is 1. The highest BCUT2D eigenvalue weighted by atomic mass is 35.5. The third kappa shape index (κ3) is 3.21. The molecule has 114 valence electrons. The van der Waals surface area contributed by atoms with Crippen LogP contribution in [0.3, 0.4) is 0 Å². The Morgan fingerprint density at radius 1 is 1.38 bits per heavy atom. The molecule has 21 heavy (non-hydrogen) atoms. The number of hydrogen-bond acceptors (Lipinski definition) is 3. The van der Waals surface area contributed by atoms with Crippen LogP contribution in [0.5, 0.6) is 0 Å². The van der Waals surface area contributed by atoms with E-state index in [9.17, 15) is 4.79 Å². The molecule has 0 saturated carbocycles. The molecule has 5 heteroatoms. The van der Waals surface area contributed by atoms with Gasteiger partial charge in [0.15, 0.2) is 0 Å². The van der Waals surface area contributed by atoms with Crippen LogP contribution < -0.4 is 0 Å². The van der Waals surface area contributed by atoms with E-state index in [1.54, 1.807) is 0 Å². The molecule has 1 aromatic heterocycles. The van der Waals surface area contributed by atoms with Gasteiger partial charge in [-0.2, -0.15) is 0 Å². The minimum Gasteiger partial charge on any atom is -0.465 e. The fourth-order valence-electron chi connectivity index (χ4n) is 2.60. The number of rotatable bonds is 6. The summed E-state index contributed by atoms with van der Waals surface area (Å²) >= 11 is 6.04. The molecule has 0 bridgehead atoms. The number of esters is 1. The first-order valence-corrected chi connectivity index (χ1v) is 7.82. The van der Waals surface area contributed by atoms with Gasteiger partial charge in [0.2, 0.25) is 0 Å². The Kier molecular flexibility index (Phi) is 5.23. The van der Waals surface area contributed by atoms with E-state index < -0.39 is 0 Å². The molecule has 0 aliphatic rings. The normalized spacial score (nSPS) is 12.6. The van der Waals surface area contributed by atoms with Crippen molar-refractivity contribution in [2.75, 3.05) is 6.61 Å². The van der Waals surface area contributed by atoms with E-state index in [0.717, 1.165) is 36.2 Å². The quantitative estimate of drug-likeness (QED) is 0.753. The van der Waals surface area contributed by atoms with E-state index in [0.29, 0.717) is 11.6 Å². The Morgan fingerprint density at radius 2 is 2.14 bits per heavy atom. The molecule has 0 spiro atoms. The van der Waals surface area contributed by atoms with Crippen molar-refractivity contribution in [3.05, 3.63) is 29.0 Å². The van der Waals surface area contributed by atoms with Crippen LogP contribution in [0.2, 0.25) is 5.02 Å². The van der Waals surface area contributed by atoms with Gasteiger partial charge < -0.3 is 9.30 Å². The van der Waals surface area contributed by atoms with Gasteiger partial charge in [-0.15, -0.1) is 0 Å². The molecular formula is C16H21ClN2O2. The average Bonchev–Trinajstić information content (AvgIpc) is 2.81. The molecule has 1 aromatic carbocycles. The van der Waals surface area contributed by atoms with Crippen molar-refractivity contribution >= 4 is 28.6 Å². The van der Waals surface area contributed by atoms with Gasteiger partial charge in [-0.25, -0.2) is 4.98 Å². The summed E-state index contributed by atoms with van der Waals surface area (Å²) in [6.07, 6.45) is 1.63. The zero-order valence-corrected chi connectivity index (χ0v) is 13.5. The fourth-order valence-corrected chi connectivity index (χ4v) is 2.77. The molecule has 0 N–H and O–H groups in total. The Balaban J connectivity index is 2.53. The largest absolute Gasteiger partial charge is 0.465 e. The van der Waals surface area contributed by atoms with Gasteiger partial charge in [-0.05, 0) is 38.5 Å². The third-order valence-electron chi connectivity index (χ3n) is 3.52. The lowest BCUT2D eigenvalue weighted by Gasteiger charge is -2.15. The molecule has 2 aromatic rings. The summed E-state index contributed by atoms with van der Waals surface area (Å²) in [7, 11) is 0. The maximum absolute atomic E-state index is 12.2. The summed E-state index contributed by atoms with van der Waals surface area (Å²) in [5.74, 6) is 0.256. The molecule has 0 aliphatic carbocycles. The number of hydrogen-bond donors (Lipinski definition) is 0. The monoisotopic (exact) mass is 308 g/mol. The fraction of sp³-hybridized carbons (Fsp3) is 0.500. The van der Waals surface area contributed by atoms with E-state index in [1.807, 2.05) is 32.0 Å². The predicted molar refractivity (Wildman–Crippen MR) is 84.7 cm³/mol.